The van der Waals surface area contributed by atoms with Crippen molar-refractivity contribution in [2.75, 3.05) is 17.5 Å². The Morgan fingerprint density at radius 1 is 0.976 bits per heavy atom. The van der Waals surface area contributed by atoms with Crippen molar-refractivity contribution < 1.29 is 22.7 Å². The van der Waals surface area contributed by atoms with Crippen LogP contribution in [-0.4, -0.2) is 50.4 Å². The second kappa shape index (κ2) is 14.5. The van der Waals surface area contributed by atoms with Gasteiger partial charge < -0.3 is 15.0 Å². The summed E-state index contributed by atoms with van der Waals surface area (Å²) in [5.41, 5.74) is 2.01. The number of halogens is 1. The van der Waals surface area contributed by atoms with Crippen molar-refractivity contribution in [2.24, 2.45) is 0 Å². The van der Waals surface area contributed by atoms with Crippen LogP contribution >= 0.6 is 15.9 Å². The molecule has 0 unspecified atom stereocenters. The van der Waals surface area contributed by atoms with Crippen molar-refractivity contribution in [3.05, 3.63) is 88.4 Å². The number of anilines is 1. The van der Waals surface area contributed by atoms with Crippen molar-refractivity contribution >= 4 is 43.5 Å². The number of sulfonamides is 1. The molecule has 41 heavy (non-hydrogen) atoms. The van der Waals surface area contributed by atoms with Gasteiger partial charge in [-0.1, -0.05) is 52.7 Å². The number of hydrogen-bond donors (Lipinski definition) is 1. The van der Waals surface area contributed by atoms with E-state index in [-0.39, 0.29) is 23.4 Å². The molecule has 0 aliphatic carbocycles. The normalized spacial score (nSPS) is 12.7. The average Bonchev–Trinajstić information content (AvgIpc) is 2.95. The maximum Gasteiger partial charge on any atom is 0.264 e. The molecule has 0 radical (unpaired) electrons. The fourth-order valence-corrected chi connectivity index (χ4v) is 5.98. The van der Waals surface area contributed by atoms with Gasteiger partial charge in [0.05, 0.1) is 17.2 Å². The molecule has 0 bridgehead atoms. The predicted octanol–water partition coefficient (Wildman–Crippen LogP) is 5.68. The Balaban J connectivity index is 2.03. The Labute approximate surface area is 251 Å². The second-order valence-corrected chi connectivity index (χ2v) is 12.7. The predicted molar refractivity (Wildman–Crippen MR) is 165 cm³/mol. The number of nitrogens with zero attached hydrogens (tertiary/aromatic N) is 2. The molecule has 0 aliphatic rings. The first-order chi connectivity index (χ1) is 19.5. The number of aryl methyl sites for hydroxylation is 1. The topological polar surface area (TPSA) is 96.0 Å². The highest BCUT2D eigenvalue weighted by molar-refractivity contribution is 9.10. The lowest BCUT2D eigenvalue weighted by Gasteiger charge is -2.32. The summed E-state index contributed by atoms with van der Waals surface area (Å²) in [6, 6.07) is 19.6. The average molecular weight is 645 g/mol. The van der Waals surface area contributed by atoms with Gasteiger partial charge in [0.25, 0.3) is 10.0 Å². The lowest BCUT2D eigenvalue weighted by molar-refractivity contribution is -0.139. The largest absolute Gasteiger partial charge is 0.494 e. The zero-order chi connectivity index (χ0) is 30.2. The first-order valence-corrected chi connectivity index (χ1v) is 15.9. The maximum absolute atomic E-state index is 14.0. The molecule has 0 spiro atoms. The fraction of sp³-hybridized carbons (Fsp3) is 0.355. The molecule has 0 aliphatic heterocycles. The van der Waals surface area contributed by atoms with Gasteiger partial charge >= 0.3 is 0 Å². The smallest absolute Gasteiger partial charge is 0.264 e. The fourth-order valence-electron chi connectivity index (χ4n) is 4.12. The van der Waals surface area contributed by atoms with Crippen molar-refractivity contribution in [2.45, 2.75) is 64.6 Å². The van der Waals surface area contributed by atoms with Gasteiger partial charge in [-0.25, -0.2) is 8.42 Å². The van der Waals surface area contributed by atoms with Gasteiger partial charge in [0, 0.05) is 17.1 Å². The SMILES string of the molecule is CCOc1ccc(N(CC(=O)N(Cc2cccc(Br)c2)[C@@H](C)C(=O)N[C@H](C)CC)S(=O)(=O)c2ccc(C)cc2)cc1. The van der Waals surface area contributed by atoms with E-state index in [0.717, 1.165) is 26.3 Å². The Morgan fingerprint density at radius 2 is 1.63 bits per heavy atom. The Morgan fingerprint density at radius 3 is 2.22 bits per heavy atom. The molecule has 2 amide bonds. The van der Waals surface area contributed by atoms with Crippen molar-refractivity contribution in [1.82, 2.24) is 10.2 Å². The summed E-state index contributed by atoms with van der Waals surface area (Å²) in [5.74, 6) is -0.236. The summed E-state index contributed by atoms with van der Waals surface area (Å²) in [4.78, 5) is 28.7. The second-order valence-electron chi connectivity index (χ2n) is 9.90. The van der Waals surface area contributed by atoms with Crippen LogP contribution in [0.4, 0.5) is 5.69 Å². The molecule has 220 valence electrons. The lowest BCUT2D eigenvalue weighted by Crippen LogP contribution is -2.52. The molecule has 10 heteroatoms. The van der Waals surface area contributed by atoms with E-state index in [1.54, 1.807) is 43.3 Å². The minimum Gasteiger partial charge on any atom is -0.494 e. The van der Waals surface area contributed by atoms with Gasteiger partial charge in [0.2, 0.25) is 11.8 Å². The quantitative estimate of drug-likeness (QED) is 0.258. The van der Waals surface area contributed by atoms with E-state index in [1.165, 1.54) is 17.0 Å². The molecule has 2 atom stereocenters. The molecule has 0 aromatic heterocycles. The van der Waals surface area contributed by atoms with E-state index >= 15 is 0 Å². The molecule has 0 saturated carbocycles. The molecule has 3 aromatic rings. The monoisotopic (exact) mass is 643 g/mol. The van der Waals surface area contributed by atoms with Crippen LogP contribution in [0.2, 0.25) is 0 Å². The molecule has 3 rings (SSSR count). The molecule has 0 heterocycles. The number of hydrogen-bond acceptors (Lipinski definition) is 5. The van der Waals surface area contributed by atoms with Crippen LogP contribution in [0.5, 0.6) is 5.75 Å². The van der Waals surface area contributed by atoms with Crippen LogP contribution in [-0.2, 0) is 26.2 Å². The summed E-state index contributed by atoms with van der Waals surface area (Å²) in [5, 5.41) is 2.94. The maximum atomic E-state index is 14.0. The van der Waals surface area contributed by atoms with E-state index in [2.05, 4.69) is 21.2 Å². The molecular weight excluding hydrogens is 606 g/mol. The summed E-state index contributed by atoms with van der Waals surface area (Å²) < 4.78 is 35.3. The van der Waals surface area contributed by atoms with Gasteiger partial charge in [0.15, 0.2) is 0 Å². The molecule has 1 N–H and O–H groups in total. The standard InChI is InChI=1S/C31H38BrN3O5S/c1-6-23(4)33-31(37)24(5)34(20-25-9-8-10-26(32)19-25)30(36)21-35(27-13-15-28(16-14-27)40-7-2)41(38,39)29-17-11-22(3)12-18-29/h8-19,23-24H,6-7,20-21H2,1-5H3,(H,33,37)/t23-,24+/m1/s1. The number of nitrogens with one attached hydrogen (secondary N) is 1. The van der Waals surface area contributed by atoms with Gasteiger partial charge in [-0.2, -0.15) is 0 Å². The zero-order valence-electron chi connectivity index (χ0n) is 24.1. The van der Waals surface area contributed by atoms with Crippen LogP contribution in [0.15, 0.2) is 82.2 Å². The minimum atomic E-state index is -4.14. The van der Waals surface area contributed by atoms with Gasteiger partial charge in [-0.15, -0.1) is 0 Å². The van der Waals surface area contributed by atoms with Crippen molar-refractivity contribution in [3.63, 3.8) is 0 Å². The van der Waals surface area contributed by atoms with Gasteiger partial charge in [-0.05, 0) is 88.2 Å². The third-order valence-electron chi connectivity index (χ3n) is 6.73. The van der Waals surface area contributed by atoms with Crippen LogP contribution in [0, 0.1) is 6.92 Å². The van der Waals surface area contributed by atoms with Crippen molar-refractivity contribution in [3.8, 4) is 5.75 Å². The number of carbonyl (C=O) groups excluding carboxylic acids is 2. The highest BCUT2D eigenvalue weighted by atomic mass is 79.9. The Hall–Kier alpha value is -3.37. The van der Waals surface area contributed by atoms with E-state index in [0.29, 0.717) is 18.0 Å². The van der Waals surface area contributed by atoms with Gasteiger partial charge in [0.1, 0.15) is 18.3 Å². The lowest BCUT2D eigenvalue weighted by atomic mass is 10.1. The number of amides is 2. The number of rotatable bonds is 13. The van der Waals surface area contributed by atoms with E-state index in [9.17, 15) is 18.0 Å². The molecular formula is C31H38BrN3O5S. The summed E-state index contributed by atoms with van der Waals surface area (Å²) in [6.07, 6.45) is 0.734. The molecule has 8 nitrogen and oxygen atoms in total. The first-order valence-electron chi connectivity index (χ1n) is 13.6. The summed E-state index contributed by atoms with van der Waals surface area (Å²) in [6.45, 7) is 9.33. The number of ether oxygens (including phenoxy) is 1. The molecule has 3 aromatic carbocycles. The van der Waals surface area contributed by atoms with Crippen LogP contribution in [0.1, 0.15) is 45.2 Å². The third kappa shape index (κ3) is 8.56. The summed E-state index contributed by atoms with van der Waals surface area (Å²) >= 11 is 3.46. The number of carbonyl (C=O) groups is 2. The van der Waals surface area contributed by atoms with Crippen molar-refractivity contribution in [1.29, 1.82) is 0 Å². The number of benzene rings is 3. The Bertz CT molecular complexity index is 1430. The summed E-state index contributed by atoms with van der Waals surface area (Å²) in [7, 11) is -4.14. The van der Waals surface area contributed by atoms with E-state index < -0.39 is 28.5 Å². The van der Waals surface area contributed by atoms with Crippen LogP contribution in [0.3, 0.4) is 0 Å². The van der Waals surface area contributed by atoms with E-state index in [4.69, 9.17) is 4.74 Å². The third-order valence-corrected chi connectivity index (χ3v) is 9.02. The Kier molecular flexibility index (Phi) is 11.4. The van der Waals surface area contributed by atoms with Crippen LogP contribution in [0.25, 0.3) is 0 Å². The first kappa shape index (κ1) is 32.1. The molecule has 0 fully saturated rings. The zero-order valence-corrected chi connectivity index (χ0v) is 26.5. The molecule has 0 saturated heterocycles. The van der Waals surface area contributed by atoms with E-state index in [1.807, 2.05) is 52.0 Å². The highest BCUT2D eigenvalue weighted by Crippen LogP contribution is 2.27. The van der Waals surface area contributed by atoms with Gasteiger partial charge in [-0.3, -0.25) is 13.9 Å². The highest BCUT2D eigenvalue weighted by Gasteiger charge is 2.32. The minimum absolute atomic E-state index is 0.0610. The van der Waals surface area contributed by atoms with Crippen LogP contribution < -0.4 is 14.4 Å².